The second-order valence-electron chi connectivity index (χ2n) is 12.3. The Hall–Kier alpha value is -1.24. The van der Waals surface area contributed by atoms with E-state index in [9.17, 15) is 49.4 Å². The molecule has 1 aliphatic heterocycles. The molecule has 1 heterocycles. The van der Waals surface area contributed by atoms with Crippen molar-refractivity contribution >= 4 is 5.97 Å². The maximum atomic E-state index is 14.1. The lowest BCUT2D eigenvalue weighted by Crippen LogP contribution is -2.59. The summed E-state index contributed by atoms with van der Waals surface area (Å²) in [6, 6.07) is 0. The molecule has 0 aromatic heterocycles. The molecule has 2 saturated carbocycles. The first kappa shape index (κ1) is 30.3. The lowest BCUT2D eigenvalue weighted by molar-refractivity contribution is -0.374. The predicted octanol–water partition coefficient (Wildman–Crippen LogP) is 6.60. The van der Waals surface area contributed by atoms with Crippen molar-refractivity contribution in [3.05, 3.63) is 0 Å². The number of carbonyl (C=O) groups is 1. The van der Waals surface area contributed by atoms with Crippen molar-refractivity contribution in [1.29, 1.82) is 0 Å². The van der Waals surface area contributed by atoms with Crippen LogP contribution in [0.1, 0.15) is 66.7 Å². The number of carbonyl (C=O) groups excluding carboxylic acids is 1. The van der Waals surface area contributed by atoms with Crippen molar-refractivity contribution in [2.45, 2.75) is 109 Å². The monoisotopic (exact) mass is 556 g/mol. The van der Waals surface area contributed by atoms with Gasteiger partial charge in [0.05, 0.1) is 12.2 Å². The number of ether oxygens (including phenoxy) is 2. The van der Waals surface area contributed by atoms with E-state index in [0.29, 0.717) is 13.3 Å². The molecule has 0 aromatic rings. The quantitative estimate of drug-likeness (QED) is 0.306. The van der Waals surface area contributed by atoms with E-state index in [1.165, 1.54) is 20.8 Å². The van der Waals surface area contributed by atoms with Crippen molar-refractivity contribution in [2.75, 3.05) is 0 Å². The van der Waals surface area contributed by atoms with Crippen LogP contribution in [0, 0.1) is 35.0 Å². The molecule has 0 aromatic carbocycles. The van der Waals surface area contributed by atoms with Crippen LogP contribution in [0.25, 0.3) is 0 Å². The second kappa shape index (κ2) is 9.16. The first-order valence-corrected chi connectivity index (χ1v) is 12.2. The molecule has 1 saturated heterocycles. The molecule has 0 radical (unpaired) electrons. The molecule has 8 unspecified atom stereocenters. The largest absolute Gasteiger partial charge is 0.459 e. The van der Waals surface area contributed by atoms with Gasteiger partial charge in [-0.05, 0) is 89.4 Å². The van der Waals surface area contributed by atoms with Crippen LogP contribution in [0.2, 0.25) is 0 Å². The van der Waals surface area contributed by atoms with E-state index in [4.69, 9.17) is 9.47 Å². The zero-order chi connectivity index (χ0) is 28.6. The van der Waals surface area contributed by atoms with Crippen LogP contribution in [-0.2, 0) is 14.3 Å². The number of esters is 1. The second-order valence-corrected chi connectivity index (χ2v) is 12.3. The van der Waals surface area contributed by atoms with Gasteiger partial charge < -0.3 is 14.6 Å². The normalized spacial score (nSPS) is 34.7. The molecule has 8 atom stereocenters. The fourth-order valence-electron chi connectivity index (χ4n) is 6.35. The van der Waals surface area contributed by atoms with Crippen LogP contribution in [0.15, 0.2) is 0 Å². The molecule has 1 N–H and O–H groups in total. The Morgan fingerprint density at radius 3 is 1.84 bits per heavy atom. The fraction of sp³-hybridized carbons (Fsp3) is 0.958. The smallest absolute Gasteiger partial charge is 0.426 e. The van der Waals surface area contributed by atoms with Crippen molar-refractivity contribution < 1.29 is 58.9 Å². The van der Waals surface area contributed by atoms with Gasteiger partial charge in [0.1, 0.15) is 5.60 Å². The highest BCUT2D eigenvalue weighted by molar-refractivity contribution is 5.78. The standard InChI is InChI=1S/C24H33F9O4/c1-11-6-14-12-7-13(9-21(35,23(28,29)30)24(31,32)33)15(8-12)17(14)36-16(11)10-20(5,22(25,26)27)18(34)37-19(2,3)4/h11-17,35H,6-10H2,1-5H3. The average molecular weight is 557 g/mol. The van der Waals surface area contributed by atoms with Gasteiger partial charge in [0.2, 0.25) is 0 Å². The topological polar surface area (TPSA) is 55.8 Å². The Morgan fingerprint density at radius 2 is 1.38 bits per heavy atom. The average Bonchev–Trinajstić information content (AvgIpc) is 3.22. The summed E-state index contributed by atoms with van der Waals surface area (Å²) >= 11 is 0. The summed E-state index contributed by atoms with van der Waals surface area (Å²) in [7, 11) is 0. The van der Waals surface area contributed by atoms with Crippen LogP contribution >= 0.6 is 0 Å². The number of alkyl halides is 9. The third kappa shape index (κ3) is 5.45. The van der Waals surface area contributed by atoms with Gasteiger partial charge in [0.25, 0.3) is 5.60 Å². The highest BCUT2D eigenvalue weighted by Crippen LogP contribution is 2.61. The van der Waals surface area contributed by atoms with E-state index in [2.05, 4.69) is 0 Å². The molecule has 37 heavy (non-hydrogen) atoms. The van der Waals surface area contributed by atoms with Crippen LogP contribution in [0.4, 0.5) is 39.5 Å². The van der Waals surface area contributed by atoms with E-state index in [1.807, 2.05) is 0 Å². The lowest BCUT2D eigenvalue weighted by atomic mass is 9.69. The Bertz CT molecular complexity index is 846. The molecule has 3 fully saturated rings. The highest BCUT2D eigenvalue weighted by atomic mass is 19.4. The van der Waals surface area contributed by atoms with Gasteiger partial charge in [-0.25, -0.2) is 0 Å². The fourth-order valence-corrected chi connectivity index (χ4v) is 6.35. The number of hydrogen-bond acceptors (Lipinski definition) is 4. The van der Waals surface area contributed by atoms with E-state index in [0.717, 1.165) is 0 Å². The van der Waals surface area contributed by atoms with Crippen LogP contribution < -0.4 is 0 Å². The Morgan fingerprint density at radius 1 is 0.838 bits per heavy atom. The van der Waals surface area contributed by atoms with Gasteiger partial charge in [0, 0.05) is 0 Å². The SMILES string of the molecule is CC1CC2C3CC(CC(O)(C(F)(F)F)C(F)(F)F)C(C3)C2OC1CC(C)(C(=O)OC(C)(C)C)C(F)(F)F. The zero-order valence-corrected chi connectivity index (χ0v) is 21.2. The molecule has 2 aliphatic carbocycles. The van der Waals surface area contributed by atoms with Crippen LogP contribution in [0.5, 0.6) is 0 Å². The first-order valence-electron chi connectivity index (χ1n) is 12.2. The van der Waals surface area contributed by atoms with Gasteiger partial charge >= 0.3 is 24.5 Å². The Kier molecular flexibility index (Phi) is 7.50. The van der Waals surface area contributed by atoms with Crippen LogP contribution in [0.3, 0.4) is 0 Å². The van der Waals surface area contributed by atoms with E-state index in [1.54, 1.807) is 6.92 Å². The van der Waals surface area contributed by atoms with Crippen molar-refractivity contribution in [3.63, 3.8) is 0 Å². The summed E-state index contributed by atoms with van der Waals surface area (Å²) in [5.74, 6) is -4.36. The van der Waals surface area contributed by atoms with E-state index in [-0.39, 0.29) is 24.7 Å². The third-order valence-electron chi connectivity index (χ3n) is 8.43. The van der Waals surface area contributed by atoms with Gasteiger partial charge in [-0.1, -0.05) is 6.92 Å². The third-order valence-corrected chi connectivity index (χ3v) is 8.43. The summed E-state index contributed by atoms with van der Waals surface area (Å²) in [6.07, 6.45) is -20.6. The van der Waals surface area contributed by atoms with E-state index < -0.39 is 83.9 Å². The maximum absolute atomic E-state index is 14.1. The Balaban J connectivity index is 1.82. The number of rotatable bonds is 5. The summed E-state index contributed by atoms with van der Waals surface area (Å²) in [6.45, 7) is 6.63. The predicted molar refractivity (Wildman–Crippen MR) is 112 cm³/mol. The molecule has 2 bridgehead atoms. The molecule has 4 nitrogen and oxygen atoms in total. The molecular weight excluding hydrogens is 523 g/mol. The molecule has 0 amide bonds. The summed E-state index contributed by atoms with van der Waals surface area (Å²) in [5.41, 5.74) is -9.02. The van der Waals surface area contributed by atoms with Gasteiger partial charge in [-0.3, -0.25) is 4.79 Å². The minimum Gasteiger partial charge on any atom is -0.459 e. The minimum atomic E-state index is -5.95. The first-order chi connectivity index (χ1) is 16.4. The summed E-state index contributed by atoms with van der Waals surface area (Å²) in [4.78, 5) is 12.6. The molecule has 3 aliphatic rings. The number of aliphatic hydroxyl groups is 1. The summed E-state index contributed by atoms with van der Waals surface area (Å²) in [5, 5.41) is 9.69. The number of halogens is 9. The molecule has 3 rings (SSSR count). The molecule has 0 spiro atoms. The van der Waals surface area contributed by atoms with Crippen molar-refractivity contribution in [1.82, 2.24) is 0 Å². The van der Waals surface area contributed by atoms with Gasteiger partial charge in [-0.2, -0.15) is 39.5 Å². The highest BCUT2D eigenvalue weighted by Gasteiger charge is 2.72. The number of hydrogen-bond donors (Lipinski definition) is 1. The molecular formula is C24H33F9O4. The van der Waals surface area contributed by atoms with Crippen molar-refractivity contribution in [3.8, 4) is 0 Å². The zero-order valence-electron chi connectivity index (χ0n) is 21.2. The van der Waals surface area contributed by atoms with Gasteiger partial charge in [-0.15, -0.1) is 0 Å². The minimum absolute atomic E-state index is 0.0409. The van der Waals surface area contributed by atoms with Crippen molar-refractivity contribution in [2.24, 2.45) is 35.0 Å². The molecule has 216 valence electrons. The Labute approximate surface area is 209 Å². The lowest BCUT2D eigenvalue weighted by Gasteiger charge is -2.47. The van der Waals surface area contributed by atoms with E-state index >= 15 is 0 Å². The van der Waals surface area contributed by atoms with Crippen LogP contribution in [-0.4, -0.2) is 53.0 Å². The molecule has 13 heteroatoms. The maximum Gasteiger partial charge on any atom is 0.426 e. The summed E-state index contributed by atoms with van der Waals surface area (Å²) < 4.78 is 133. The van der Waals surface area contributed by atoms with Gasteiger partial charge in [0.15, 0.2) is 5.41 Å². The number of fused-ring (bicyclic) bond motifs is 5.